The highest BCUT2D eigenvalue weighted by atomic mass is 35.5. The van der Waals surface area contributed by atoms with Gasteiger partial charge in [-0.1, -0.05) is 31.5 Å². The smallest absolute Gasteiger partial charge is 0.126 e. The molecule has 3 nitrogen and oxygen atoms in total. The van der Waals surface area contributed by atoms with E-state index in [2.05, 4.69) is 0 Å². The second-order valence-electron chi connectivity index (χ2n) is 4.45. The van der Waals surface area contributed by atoms with Gasteiger partial charge in [-0.2, -0.15) is 0 Å². The maximum absolute atomic E-state index is 10.3. The van der Waals surface area contributed by atoms with Crippen molar-refractivity contribution >= 4 is 11.6 Å². The lowest BCUT2D eigenvalue weighted by Gasteiger charge is -2.30. The van der Waals surface area contributed by atoms with E-state index >= 15 is 0 Å². The van der Waals surface area contributed by atoms with Crippen LogP contribution in [0.5, 0.6) is 5.75 Å². The van der Waals surface area contributed by atoms with Gasteiger partial charge in [0, 0.05) is 17.5 Å². The van der Waals surface area contributed by atoms with E-state index in [0.717, 1.165) is 0 Å². The lowest BCUT2D eigenvalue weighted by molar-refractivity contribution is 0.0535. The summed E-state index contributed by atoms with van der Waals surface area (Å²) in [6.07, 6.45) is -0.749. The lowest BCUT2D eigenvalue weighted by atomic mass is 9.82. The third-order valence-corrected chi connectivity index (χ3v) is 3.10. The van der Waals surface area contributed by atoms with Crippen LogP contribution in [-0.4, -0.2) is 18.8 Å². The van der Waals surface area contributed by atoms with Crippen LogP contribution in [0.25, 0.3) is 0 Å². The second kappa shape index (κ2) is 5.04. The summed E-state index contributed by atoms with van der Waals surface area (Å²) in [6.45, 7) is 4.14. The minimum atomic E-state index is -0.749. The van der Waals surface area contributed by atoms with Gasteiger partial charge in [0.25, 0.3) is 0 Å². The standard InChI is InChI=1S/C12H18ClNO2/c1-12(2,7-14)11(15)10-8(13)5-4-6-9(10)16-3/h4-6,11,15H,7,14H2,1-3H3. The Morgan fingerprint density at radius 3 is 2.62 bits per heavy atom. The monoisotopic (exact) mass is 243 g/mol. The quantitative estimate of drug-likeness (QED) is 0.854. The van der Waals surface area contributed by atoms with Crippen molar-refractivity contribution < 1.29 is 9.84 Å². The molecule has 0 heterocycles. The summed E-state index contributed by atoms with van der Waals surface area (Å²) < 4.78 is 5.20. The Hall–Kier alpha value is -0.770. The maximum atomic E-state index is 10.3. The molecule has 0 saturated carbocycles. The Morgan fingerprint density at radius 2 is 2.12 bits per heavy atom. The van der Waals surface area contributed by atoms with Crippen molar-refractivity contribution in [1.29, 1.82) is 0 Å². The van der Waals surface area contributed by atoms with Crippen LogP contribution in [0.1, 0.15) is 25.5 Å². The number of halogens is 1. The largest absolute Gasteiger partial charge is 0.496 e. The van der Waals surface area contributed by atoms with Crippen LogP contribution in [-0.2, 0) is 0 Å². The van der Waals surface area contributed by atoms with E-state index in [0.29, 0.717) is 22.9 Å². The third kappa shape index (κ3) is 2.48. The molecular weight excluding hydrogens is 226 g/mol. The normalized spacial score (nSPS) is 13.6. The fourth-order valence-corrected chi connectivity index (χ4v) is 1.73. The first-order valence-corrected chi connectivity index (χ1v) is 5.52. The van der Waals surface area contributed by atoms with Crippen LogP contribution in [0.3, 0.4) is 0 Å². The van der Waals surface area contributed by atoms with Crippen molar-refractivity contribution in [1.82, 2.24) is 0 Å². The van der Waals surface area contributed by atoms with Gasteiger partial charge in [-0.15, -0.1) is 0 Å². The Kier molecular flexibility index (Phi) is 4.19. The zero-order chi connectivity index (χ0) is 12.3. The molecule has 1 rings (SSSR count). The molecule has 0 aliphatic carbocycles. The molecule has 1 aromatic carbocycles. The summed E-state index contributed by atoms with van der Waals surface area (Å²) in [5.74, 6) is 0.585. The fourth-order valence-electron chi connectivity index (χ4n) is 1.46. The third-order valence-electron chi connectivity index (χ3n) is 2.77. The van der Waals surface area contributed by atoms with Crippen molar-refractivity contribution in [3.05, 3.63) is 28.8 Å². The van der Waals surface area contributed by atoms with Crippen LogP contribution >= 0.6 is 11.6 Å². The minimum Gasteiger partial charge on any atom is -0.496 e. The van der Waals surface area contributed by atoms with Crippen LogP contribution in [0, 0.1) is 5.41 Å². The number of methoxy groups -OCH3 is 1. The summed E-state index contributed by atoms with van der Waals surface area (Å²) in [7, 11) is 1.55. The Bertz CT molecular complexity index is 366. The van der Waals surface area contributed by atoms with Crippen molar-refractivity contribution in [3.63, 3.8) is 0 Å². The molecule has 16 heavy (non-hydrogen) atoms. The number of rotatable bonds is 4. The van der Waals surface area contributed by atoms with Gasteiger partial charge in [-0.25, -0.2) is 0 Å². The molecule has 3 N–H and O–H groups in total. The summed E-state index contributed by atoms with van der Waals surface area (Å²) >= 11 is 6.09. The van der Waals surface area contributed by atoms with E-state index < -0.39 is 11.5 Å². The minimum absolute atomic E-state index is 0.364. The maximum Gasteiger partial charge on any atom is 0.126 e. The first-order chi connectivity index (χ1) is 7.44. The summed E-state index contributed by atoms with van der Waals surface area (Å²) in [4.78, 5) is 0. The van der Waals surface area contributed by atoms with Gasteiger partial charge in [-0.05, 0) is 12.1 Å². The van der Waals surface area contributed by atoms with E-state index in [1.54, 1.807) is 25.3 Å². The molecule has 0 aliphatic heterocycles. The topological polar surface area (TPSA) is 55.5 Å². The van der Waals surface area contributed by atoms with E-state index in [4.69, 9.17) is 22.1 Å². The molecule has 0 fully saturated rings. The Labute approximate surface area is 101 Å². The average molecular weight is 244 g/mol. The highest BCUT2D eigenvalue weighted by Crippen LogP contribution is 2.40. The molecule has 0 bridgehead atoms. The molecule has 0 amide bonds. The van der Waals surface area contributed by atoms with E-state index in [1.165, 1.54) is 0 Å². The fraction of sp³-hybridized carbons (Fsp3) is 0.500. The van der Waals surface area contributed by atoms with Gasteiger partial charge in [0.1, 0.15) is 5.75 Å². The molecule has 0 aliphatic rings. The average Bonchev–Trinajstić information content (AvgIpc) is 2.27. The predicted octanol–water partition coefficient (Wildman–Crippen LogP) is 2.37. The number of aliphatic hydroxyl groups excluding tert-OH is 1. The van der Waals surface area contributed by atoms with Gasteiger partial charge < -0.3 is 15.6 Å². The predicted molar refractivity (Wildman–Crippen MR) is 65.8 cm³/mol. The SMILES string of the molecule is COc1cccc(Cl)c1C(O)C(C)(C)CN. The highest BCUT2D eigenvalue weighted by molar-refractivity contribution is 6.31. The first-order valence-electron chi connectivity index (χ1n) is 5.14. The summed E-state index contributed by atoms with van der Waals surface area (Å²) in [5.41, 5.74) is 5.80. The first kappa shape index (κ1) is 13.3. The van der Waals surface area contributed by atoms with Gasteiger partial charge in [0.2, 0.25) is 0 Å². The van der Waals surface area contributed by atoms with Crippen molar-refractivity contribution in [3.8, 4) is 5.75 Å². The van der Waals surface area contributed by atoms with E-state index in [-0.39, 0.29) is 0 Å². The zero-order valence-electron chi connectivity index (χ0n) is 9.83. The molecule has 4 heteroatoms. The molecular formula is C12H18ClNO2. The Morgan fingerprint density at radius 1 is 1.50 bits per heavy atom. The number of ether oxygens (including phenoxy) is 1. The van der Waals surface area contributed by atoms with Gasteiger partial charge >= 0.3 is 0 Å². The second-order valence-corrected chi connectivity index (χ2v) is 4.86. The number of nitrogens with two attached hydrogens (primary N) is 1. The van der Waals surface area contributed by atoms with Crippen LogP contribution in [0.15, 0.2) is 18.2 Å². The van der Waals surface area contributed by atoms with Gasteiger partial charge in [0.15, 0.2) is 0 Å². The molecule has 0 radical (unpaired) electrons. The van der Waals surface area contributed by atoms with Crippen LogP contribution in [0.2, 0.25) is 5.02 Å². The zero-order valence-corrected chi connectivity index (χ0v) is 10.6. The molecule has 1 atom stereocenters. The van der Waals surface area contributed by atoms with E-state index in [9.17, 15) is 5.11 Å². The molecule has 90 valence electrons. The van der Waals surface area contributed by atoms with Crippen LogP contribution in [0.4, 0.5) is 0 Å². The molecule has 1 unspecified atom stereocenters. The summed E-state index contributed by atoms with van der Waals surface area (Å²) in [6, 6.07) is 5.29. The Balaban J connectivity index is 3.21. The molecule has 0 saturated heterocycles. The molecule has 0 aromatic heterocycles. The van der Waals surface area contributed by atoms with Gasteiger partial charge in [0.05, 0.1) is 18.2 Å². The van der Waals surface area contributed by atoms with Crippen molar-refractivity contribution in [2.45, 2.75) is 20.0 Å². The van der Waals surface area contributed by atoms with Crippen molar-refractivity contribution in [2.75, 3.05) is 13.7 Å². The molecule has 1 aromatic rings. The van der Waals surface area contributed by atoms with Crippen molar-refractivity contribution in [2.24, 2.45) is 11.1 Å². The number of benzene rings is 1. The lowest BCUT2D eigenvalue weighted by Crippen LogP contribution is -2.31. The number of hydrogen-bond donors (Lipinski definition) is 2. The number of aliphatic hydroxyl groups is 1. The molecule has 0 spiro atoms. The van der Waals surface area contributed by atoms with Crippen LogP contribution < -0.4 is 10.5 Å². The highest BCUT2D eigenvalue weighted by Gasteiger charge is 2.31. The van der Waals surface area contributed by atoms with E-state index in [1.807, 2.05) is 13.8 Å². The number of hydrogen-bond acceptors (Lipinski definition) is 3. The van der Waals surface area contributed by atoms with Gasteiger partial charge in [-0.3, -0.25) is 0 Å². The summed E-state index contributed by atoms with van der Waals surface area (Å²) in [5, 5.41) is 10.8.